The molecule has 0 N–H and O–H groups in total. The van der Waals surface area contributed by atoms with Gasteiger partial charge in [0.25, 0.3) is 0 Å². The first kappa shape index (κ1) is 15.8. The van der Waals surface area contributed by atoms with Crippen molar-refractivity contribution in [1.82, 2.24) is 4.90 Å². The second-order valence-corrected chi connectivity index (χ2v) is 6.25. The quantitative estimate of drug-likeness (QED) is 0.704. The van der Waals surface area contributed by atoms with E-state index >= 15 is 0 Å². The van der Waals surface area contributed by atoms with Crippen LogP contribution in [0.4, 0.5) is 0 Å². The molecule has 2 rings (SSSR count). The van der Waals surface area contributed by atoms with Crippen LogP contribution in [0.2, 0.25) is 0 Å². The predicted octanol–water partition coefficient (Wildman–Crippen LogP) is 5.19. The highest BCUT2D eigenvalue weighted by atomic mass is 15.1. The molecular weight excluding hydrogens is 254 g/mol. The average Bonchev–Trinajstić information content (AvgIpc) is 2.53. The number of hydrogen-bond acceptors (Lipinski definition) is 1. The molecule has 1 nitrogen and oxygen atoms in total. The molecule has 112 valence electrons. The van der Waals surface area contributed by atoms with Gasteiger partial charge in [-0.2, -0.15) is 0 Å². The van der Waals surface area contributed by atoms with Crippen LogP contribution in [0.5, 0.6) is 0 Å². The largest absolute Gasteiger partial charge is 0.304 e. The zero-order chi connectivity index (χ0) is 15.2. The second kappa shape index (κ2) is 7.42. The van der Waals surface area contributed by atoms with Crippen molar-refractivity contribution in [2.45, 2.75) is 39.2 Å². The second-order valence-electron chi connectivity index (χ2n) is 6.25. The molecule has 0 amide bonds. The number of benzene rings is 2. The van der Waals surface area contributed by atoms with Gasteiger partial charge in [-0.25, -0.2) is 0 Å². The molecule has 0 bridgehead atoms. The fraction of sp³-hybridized carbons (Fsp3) is 0.400. The third-order valence-electron chi connectivity index (χ3n) is 4.38. The standard InChI is InChI=1S/C20H27N/c1-16(2)21(4)15-14-17(3)18-10-12-20(13-11-18)19-8-6-5-7-9-19/h5-13,16-17H,14-15H2,1-4H3. The minimum atomic E-state index is 0.607. The highest BCUT2D eigenvalue weighted by Crippen LogP contribution is 2.24. The lowest BCUT2D eigenvalue weighted by atomic mass is 9.95. The number of rotatable bonds is 6. The van der Waals surface area contributed by atoms with E-state index in [0.29, 0.717) is 12.0 Å². The first-order chi connectivity index (χ1) is 10.1. The normalized spacial score (nSPS) is 12.9. The molecule has 1 unspecified atom stereocenters. The summed E-state index contributed by atoms with van der Waals surface area (Å²) in [4.78, 5) is 2.41. The van der Waals surface area contributed by atoms with E-state index in [2.05, 4.69) is 87.3 Å². The maximum Gasteiger partial charge on any atom is 0.00355 e. The summed E-state index contributed by atoms with van der Waals surface area (Å²) in [6.45, 7) is 7.98. The van der Waals surface area contributed by atoms with E-state index in [0.717, 1.165) is 6.54 Å². The third-order valence-corrected chi connectivity index (χ3v) is 4.38. The summed E-state index contributed by atoms with van der Waals surface area (Å²) in [5.41, 5.74) is 4.02. The van der Waals surface area contributed by atoms with E-state index in [1.165, 1.54) is 23.1 Å². The van der Waals surface area contributed by atoms with Crippen LogP contribution in [0.3, 0.4) is 0 Å². The predicted molar refractivity (Wildman–Crippen MR) is 92.7 cm³/mol. The van der Waals surface area contributed by atoms with Crippen molar-refractivity contribution >= 4 is 0 Å². The van der Waals surface area contributed by atoms with Crippen molar-refractivity contribution in [2.75, 3.05) is 13.6 Å². The summed E-state index contributed by atoms with van der Waals surface area (Å²) in [6, 6.07) is 20.2. The van der Waals surface area contributed by atoms with E-state index < -0.39 is 0 Å². The van der Waals surface area contributed by atoms with Gasteiger partial charge >= 0.3 is 0 Å². The van der Waals surface area contributed by atoms with Crippen molar-refractivity contribution in [1.29, 1.82) is 0 Å². The average molecular weight is 281 g/mol. The minimum Gasteiger partial charge on any atom is -0.304 e. The van der Waals surface area contributed by atoms with Crippen molar-refractivity contribution in [3.05, 3.63) is 60.2 Å². The molecule has 21 heavy (non-hydrogen) atoms. The molecule has 1 atom stereocenters. The molecule has 0 fully saturated rings. The minimum absolute atomic E-state index is 0.607. The SMILES string of the molecule is CC(CCN(C)C(C)C)c1ccc(-c2ccccc2)cc1. The molecule has 1 heteroatoms. The van der Waals surface area contributed by atoms with Crippen LogP contribution in [0.25, 0.3) is 11.1 Å². The van der Waals surface area contributed by atoms with Crippen LogP contribution in [0, 0.1) is 0 Å². The van der Waals surface area contributed by atoms with E-state index in [4.69, 9.17) is 0 Å². The molecular formula is C20H27N. The lowest BCUT2D eigenvalue weighted by molar-refractivity contribution is 0.264. The molecule has 2 aromatic rings. The van der Waals surface area contributed by atoms with Gasteiger partial charge in [-0.05, 0) is 56.5 Å². The topological polar surface area (TPSA) is 3.24 Å². The first-order valence-corrected chi connectivity index (χ1v) is 7.93. The number of nitrogens with zero attached hydrogens (tertiary/aromatic N) is 1. The smallest absolute Gasteiger partial charge is 0.00355 e. The van der Waals surface area contributed by atoms with Gasteiger partial charge in [0, 0.05) is 6.04 Å². The molecule has 0 aliphatic heterocycles. The lowest BCUT2D eigenvalue weighted by Gasteiger charge is -2.23. The van der Waals surface area contributed by atoms with Gasteiger partial charge in [-0.15, -0.1) is 0 Å². The summed E-state index contributed by atoms with van der Waals surface area (Å²) in [6.07, 6.45) is 1.21. The molecule has 0 aromatic heterocycles. The van der Waals surface area contributed by atoms with Crippen LogP contribution in [-0.2, 0) is 0 Å². The van der Waals surface area contributed by atoms with Gasteiger partial charge in [0.15, 0.2) is 0 Å². The van der Waals surface area contributed by atoms with Gasteiger partial charge in [-0.3, -0.25) is 0 Å². The highest BCUT2D eigenvalue weighted by Gasteiger charge is 2.09. The highest BCUT2D eigenvalue weighted by molar-refractivity contribution is 5.63. The fourth-order valence-corrected chi connectivity index (χ4v) is 2.46. The van der Waals surface area contributed by atoms with Crippen LogP contribution in [0.15, 0.2) is 54.6 Å². The zero-order valence-electron chi connectivity index (χ0n) is 13.7. The molecule has 0 heterocycles. The monoisotopic (exact) mass is 281 g/mol. The third kappa shape index (κ3) is 4.44. The van der Waals surface area contributed by atoms with Crippen LogP contribution in [0.1, 0.15) is 38.7 Å². The Kier molecular flexibility index (Phi) is 5.58. The fourth-order valence-electron chi connectivity index (χ4n) is 2.46. The maximum atomic E-state index is 2.41. The summed E-state index contributed by atoms with van der Waals surface area (Å²) in [5.74, 6) is 0.607. The van der Waals surface area contributed by atoms with Gasteiger partial charge in [0.1, 0.15) is 0 Å². The molecule has 0 aliphatic rings. The Bertz CT molecular complexity index is 528. The summed E-state index contributed by atoms with van der Waals surface area (Å²) in [5, 5.41) is 0. The molecule has 0 spiro atoms. The lowest BCUT2D eigenvalue weighted by Crippen LogP contribution is -2.28. The molecule has 0 saturated carbocycles. The van der Waals surface area contributed by atoms with E-state index in [1.807, 2.05) is 0 Å². The summed E-state index contributed by atoms with van der Waals surface area (Å²) in [7, 11) is 2.20. The Morgan fingerprint density at radius 2 is 1.38 bits per heavy atom. The van der Waals surface area contributed by atoms with Crippen molar-refractivity contribution in [2.24, 2.45) is 0 Å². The first-order valence-electron chi connectivity index (χ1n) is 7.93. The van der Waals surface area contributed by atoms with Crippen molar-refractivity contribution in [3.8, 4) is 11.1 Å². The zero-order valence-corrected chi connectivity index (χ0v) is 13.7. The van der Waals surface area contributed by atoms with E-state index in [1.54, 1.807) is 0 Å². The van der Waals surface area contributed by atoms with Gasteiger partial charge in [0.05, 0.1) is 0 Å². The van der Waals surface area contributed by atoms with Crippen LogP contribution in [-0.4, -0.2) is 24.5 Å². The Labute approximate surface area is 129 Å². The van der Waals surface area contributed by atoms with Gasteiger partial charge in [-0.1, -0.05) is 61.5 Å². The van der Waals surface area contributed by atoms with Crippen LogP contribution < -0.4 is 0 Å². The molecule has 2 aromatic carbocycles. The molecule has 0 saturated heterocycles. The van der Waals surface area contributed by atoms with Crippen molar-refractivity contribution < 1.29 is 0 Å². The van der Waals surface area contributed by atoms with E-state index in [9.17, 15) is 0 Å². The molecule has 0 radical (unpaired) electrons. The Balaban J connectivity index is 1.99. The van der Waals surface area contributed by atoms with E-state index in [-0.39, 0.29) is 0 Å². The van der Waals surface area contributed by atoms with Crippen LogP contribution >= 0.6 is 0 Å². The Hall–Kier alpha value is -1.60. The summed E-state index contributed by atoms with van der Waals surface area (Å²) >= 11 is 0. The number of hydrogen-bond donors (Lipinski definition) is 0. The van der Waals surface area contributed by atoms with Gasteiger partial charge in [0.2, 0.25) is 0 Å². The Morgan fingerprint density at radius 1 is 0.810 bits per heavy atom. The van der Waals surface area contributed by atoms with Gasteiger partial charge < -0.3 is 4.90 Å². The molecule has 0 aliphatic carbocycles. The Morgan fingerprint density at radius 3 is 1.95 bits per heavy atom. The van der Waals surface area contributed by atoms with Crippen molar-refractivity contribution in [3.63, 3.8) is 0 Å². The summed E-state index contributed by atoms with van der Waals surface area (Å²) < 4.78 is 0. The maximum absolute atomic E-state index is 2.41.